The zero-order valence-electron chi connectivity index (χ0n) is 21.4. The monoisotopic (exact) mass is 506 g/mol. The maximum absolute atomic E-state index is 13.3. The average Bonchev–Trinajstić information content (AvgIpc) is 3.18. The van der Waals surface area contributed by atoms with Crippen LogP contribution in [0.4, 0.5) is 0 Å². The summed E-state index contributed by atoms with van der Waals surface area (Å²) in [5.41, 5.74) is 1.16. The van der Waals surface area contributed by atoms with Gasteiger partial charge in [-0.3, -0.25) is 9.59 Å². The number of nitrogens with zero attached hydrogens (tertiary/aromatic N) is 2. The Morgan fingerprint density at radius 3 is 2.49 bits per heavy atom. The van der Waals surface area contributed by atoms with Crippen molar-refractivity contribution >= 4 is 17.4 Å². The molecule has 1 saturated heterocycles. The van der Waals surface area contributed by atoms with Crippen molar-refractivity contribution in [2.24, 2.45) is 0 Å². The van der Waals surface area contributed by atoms with Gasteiger partial charge in [0, 0.05) is 12.1 Å². The molecule has 2 aliphatic heterocycles. The lowest BCUT2D eigenvalue weighted by Crippen LogP contribution is -2.33. The molecule has 0 unspecified atom stereocenters. The molecule has 0 bridgehead atoms. The Kier molecular flexibility index (Phi) is 8.50. The number of hydrogen-bond acceptors (Lipinski definition) is 7. The van der Waals surface area contributed by atoms with Gasteiger partial charge in [-0.2, -0.15) is 0 Å². The highest BCUT2D eigenvalue weighted by molar-refractivity contribution is 6.46. The molecule has 4 rings (SSSR count). The molecule has 1 atom stereocenters. The predicted molar refractivity (Wildman–Crippen MR) is 141 cm³/mol. The maximum Gasteiger partial charge on any atom is 0.295 e. The van der Waals surface area contributed by atoms with E-state index in [0.717, 1.165) is 19.6 Å². The molecule has 0 saturated carbocycles. The number of fused-ring (bicyclic) bond motifs is 1. The van der Waals surface area contributed by atoms with Crippen molar-refractivity contribution in [3.63, 3.8) is 0 Å². The van der Waals surface area contributed by atoms with Crippen LogP contribution in [-0.4, -0.2) is 72.6 Å². The second-order valence-electron chi connectivity index (χ2n) is 8.90. The summed E-state index contributed by atoms with van der Waals surface area (Å²) in [6.07, 6.45) is 2.36. The molecule has 37 heavy (non-hydrogen) atoms. The molecule has 1 N–H and O–H groups in total. The van der Waals surface area contributed by atoms with E-state index < -0.39 is 17.7 Å². The van der Waals surface area contributed by atoms with E-state index in [1.165, 1.54) is 0 Å². The number of carbonyl (C=O) groups excluding carboxylic acids is 2. The first kappa shape index (κ1) is 26.3. The van der Waals surface area contributed by atoms with Gasteiger partial charge in [-0.25, -0.2) is 0 Å². The number of ketones is 1. The Morgan fingerprint density at radius 2 is 1.81 bits per heavy atom. The third-order valence-electron chi connectivity index (χ3n) is 6.69. The lowest BCUT2D eigenvalue weighted by molar-refractivity contribution is -0.140. The summed E-state index contributed by atoms with van der Waals surface area (Å²) in [6.45, 7) is 12.1. The predicted octanol–water partition coefficient (Wildman–Crippen LogP) is 4.18. The molecule has 1 fully saturated rings. The number of benzene rings is 2. The fraction of sp³-hybridized carbons (Fsp3) is 0.379. The van der Waals surface area contributed by atoms with E-state index in [2.05, 4.69) is 25.3 Å². The SMILES string of the molecule is C=CCOc1ccc([C@@H]2/C(=C(\O)c3ccc4c(c3)OCCO4)C(=O)C(=O)N2CCCN(CC)CC)cc1. The number of aliphatic hydroxyl groups excluding tert-OH is 1. The fourth-order valence-electron chi connectivity index (χ4n) is 4.71. The molecule has 2 heterocycles. The Labute approximate surface area is 217 Å². The minimum Gasteiger partial charge on any atom is -0.507 e. The third-order valence-corrected chi connectivity index (χ3v) is 6.69. The van der Waals surface area contributed by atoms with Crippen LogP contribution in [0.25, 0.3) is 5.76 Å². The number of rotatable bonds is 11. The first-order chi connectivity index (χ1) is 18.0. The molecule has 0 radical (unpaired) electrons. The number of Topliss-reactive ketones (excluding diaryl/α,β-unsaturated/α-hetero) is 1. The summed E-state index contributed by atoms with van der Waals surface area (Å²) < 4.78 is 16.8. The maximum atomic E-state index is 13.3. The summed E-state index contributed by atoms with van der Waals surface area (Å²) in [4.78, 5) is 30.4. The summed E-state index contributed by atoms with van der Waals surface area (Å²) in [7, 11) is 0. The van der Waals surface area contributed by atoms with Crippen LogP contribution in [-0.2, 0) is 9.59 Å². The molecule has 8 nitrogen and oxygen atoms in total. The van der Waals surface area contributed by atoms with Crippen molar-refractivity contribution in [1.82, 2.24) is 9.80 Å². The molecular weight excluding hydrogens is 472 g/mol. The van der Waals surface area contributed by atoms with E-state index in [1.54, 1.807) is 41.3 Å². The van der Waals surface area contributed by atoms with Gasteiger partial charge in [0.05, 0.1) is 11.6 Å². The quantitative estimate of drug-likeness (QED) is 0.212. The molecule has 0 aliphatic carbocycles. The van der Waals surface area contributed by atoms with Crippen LogP contribution in [0.3, 0.4) is 0 Å². The highest BCUT2D eigenvalue weighted by Crippen LogP contribution is 2.41. The standard InChI is InChI=1S/C29H34N2O6/c1-4-16-35-22-11-8-20(9-12-22)26-25(27(32)21-10-13-23-24(19-21)37-18-17-36-23)28(33)29(34)31(26)15-7-14-30(5-2)6-3/h4,8-13,19,26,32H,1,5-7,14-18H2,2-3H3/b27-25+/t26-/m1/s1. The van der Waals surface area contributed by atoms with Gasteiger partial charge in [-0.1, -0.05) is 38.6 Å². The van der Waals surface area contributed by atoms with Crippen LogP contribution in [0.2, 0.25) is 0 Å². The van der Waals surface area contributed by atoms with Gasteiger partial charge in [-0.15, -0.1) is 0 Å². The van der Waals surface area contributed by atoms with E-state index in [9.17, 15) is 14.7 Å². The van der Waals surface area contributed by atoms with Gasteiger partial charge in [0.1, 0.15) is 31.3 Å². The first-order valence-electron chi connectivity index (χ1n) is 12.7. The zero-order valence-corrected chi connectivity index (χ0v) is 21.4. The van der Waals surface area contributed by atoms with E-state index in [4.69, 9.17) is 14.2 Å². The van der Waals surface area contributed by atoms with Gasteiger partial charge in [-0.05, 0) is 62.0 Å². The molecule has 8 heteroatoms. The molecule has 0 spiro atoms. The summed E-state index contributed by atoms with van der Waals surface area (Å²) >= 11 is 0. The topological polar surface area (TPSA) is 88.5 Å². The van der Waals surface area contributed by atoms with Crippen LogP contribution >= 0.6 is 0 Å². The van der Waals surface area contributed by atoms with E-state index in [1.807, 2.05) is 12.1 Å². The van der Waals surface area contributed by atoms with Crippen molar-refractivity contribution in [2.45, 2.75) is 26.3 Å². The largest absolute Gasteiger partial charge is 0.507 e. The summed E-state index contributed by atoms with van der Waals surface area (Å²) in [6, 6.07) is 11.5. The van der Waals surface area contributed by atoms with Gasteiger partial charge in [0.15, 0.2) is 11.5 Å². The van der Waals surface area contributed by atoms with Crippen LogP contribution in [0.5, 0.6) is 17.2 Å². The Morgan fingerprint density at radius 1 is 1.11 bits per heavy atom. The van der Waals surface area contributed by atoms with Gasteiger partial charge in [0.25, 0.3) is 11.7 Å². The Bertz CT molecular complexity index is 1170. The molecular formula is C29H34N2O6. The highest BCUT2D eigenvalue weighted by Gasteiger charge is 2.45. The molecule has 0 aromatic heterocycles. The zero-order chi connectivity index (χ0) is 26.4. The smallest absolute Gasteiger partial charge is 0.295 e. The first-order valence-corrected chi connectivity index (χ1v) is 12.7. The molecule has 2 aromatic rings. The normalized spacial score (nSPS) is 18.4. The fourth-order valence-corrected chi connectivity index (χ4v) is 4.71. The molecule has 2 aromatic carbocycles. The van der Waals surface area contributed by atoms with Gasteiger partial charge in [0.2, 0.25) is 0 Å². The number of aliphatic hydroxyl groups is 1. The highest BCUT2D eigenvalue weighted by atomic mass is 16.6. The van der Waals surface area contributed by atoms with Crippen LogP contribution in [0.1, 0.15) is 37.4 Å². The second kappa shape index (κ2) is 12.0. The van der Waals surface area contributed by atoms with Crippen LogP contribution in [0.15, 0.2) is 60.7 Å². The Hall–Kier alpha value is -3.78. The van der Waals surface area contributed by atoms with Gasteiger partial charge >= 0.3 is 0 Å². The molecule has 1 amide bonds. The van der Waals surface area contributed by atoms with Crippen molar-refractivity contribution in [2.75, 3.05) is 46.0 Å². The van der Waals surface area contributed by atoms with Crippen molar-refractivity contribution < 1.29 is 28.9 Å². The van der Waals surface area contributed by atoms with Crippen LogP contribution < -0.4 is 14.2 Å². The number of likely N-dealkylation sites (tertiary alicyclic amines) is 1. The number of carbonyl (C=O) groups is 2. The van der Waals surface area contributed by atoms with E-state index in [-0.39, 0.29) is 11.3 Å². The lowest BCUT2D eigenvalue weighted by atomic mass is 9.95. The summed E-state index contributed by atoms with van der Waals surface area (Å²) in [5, 5.41) is 11.4. The van der Waals surface area contributed by atoms with E-state index in [0.29, 0.717) is 61.2 Å². The van der Waals surface area contributed by atoms with Crippen LogP contribution in [0, 0.1) is 0 Å². The molecule has 196 valence electrons. The van der Waals surface area contributed by atoms with Crippen molar-refractivity contribution in [1.29, 1.82) is 0 Å². The summed E-state index contributed by atoms with van der Waals surface area (Å²) in [5.74, 6) is 0.158. The lowest BCUT2D eigenvalue weighted by Gasteiger charge is -2.27. The minimum atomic E-state index is -0.724. The van der Waals surface area contributed by atoms with Crippen molar-refractivity contribution in [3.8, 4) is 17.2 Å². The number of amides is 1. The van der Waals surface area contributed by atoms with Crippen molar-refractivity contribution in [3.05, 3.63) is 71.8 Å². The average molecular weight is 507 g/mol. The van der Waals surface area contributed by atoms with E-state index >= 15 is 0 Å². The molecule has 2 aliphatic rings. The van der Waals surface area contributed by atoms with Gasteiger partial charge < -0.3 is 29.1 Å². The minimum absolute atomic E-state index is 0.0595. The third kappa shape index (κ3) is 5.64. The second-order valence-corrected chi connectivity index (χ2v) is 8.90. The number of hydrogen-bond donors (Lipinski definition) is 1. The Balaban J connectivity index is 1.71. The number of ether oxygens (including phenoxy) is 3.